The van der Waals surface area contributed by atoms with Crippen molar-refractivity contribution in [1.29, 1.82) is 0 Å². The maximum absolute atomic E-state index is 11.4. The lowest BCUT2D eigenvalue weighted by atomic mass is 9.81. The third kappa shape index (κ3) is 2.41. The van der Waals surface area contributed by atoms with Crippen LogP contribution in [0.1, 0.15) is 12.0 Å². The first-order chi connectivity index (χ1) is 8.05. The average molecular weight is 275 g/mol. The number of benzene rings is 1. The molecule has 1 fully saturated rings. The minimum Gasteiger partial charge on any atom is -0.481 e. The van der Waals surface area contributed by atoms with Gasteiger partial charge in [0.05, 0.1) is 22.1 Å². The molecule has 1 atom stereocenters. The number of carbonyl (C=O) groups is 1. The summed E-state index contributed by atoms with van der Waals surface area (Å²) in [6.07, 6.45) is 0.854. The first kappa shape index (κ1) is 12.7. The van der Waals surface area contributed by atoms with E-state index in [9.17, 15) is 9.90 Å². The summed E-state index contributed by atoms with van der Waals surface area (Å²) in [7, 11) is 0. The lowest BCUT2D eigenvalue weighted by Crippen LogP contribution is -2.33. The fourth-order valence-electron chi connectivity index (χ4n) is 2.04. The summed E-state index contributed by atoms with van der Waals surface area (Å²) in [5, 5.41) is 10.2. The number of carboxylic acid groups (broad SMARTS) is 1. The van der Waals surface area contributed by atoms with Gasteiger partial charge in [0, 0.05) is 6.61 Å². The minimum atomic E-state index is -0.867. The van der Waals surface area contributed by atoms with Gasteiger partial charge in [-0.15, -0.1) is 0 Å². The van der Waals surface area contributed by atoms with Crippen LogP contribution < -0.4 is 0 Å². The van der Waals surface area contributed by atoms with Gasteiger partial charge in [0.25, 0.3) is 0 Å². The molecule has 0 aliphatic carbocycles. The van der Waals surface area contributed by atoms with E-state index >= 15 is 0 Å². The Morgan fingerprint density at radius 1 is 1.47 bits per heavy atom. The fourth-order valence-corrected chi connectivity index (χ4v) is 2.43. The van der Waals surface area contributed by atoms with Gasteiger partial charge in [-0.25, -0.2) is 0 Å². The van der Waals surface area contributed by atoms with Gasteiger partial charge < -0.3 is 9.84 Å². The SMILES string of the molecule is O=C(O)C1(Cc2cccc(Cl)c2Cl)CCOC1. The topological polar surface area (TPSA) is 46.5 Å². The first-order valence-corrected chi connectivity index (χ1v) is 6.05. The highest BCUT2D eigenvalue weighted by atomic mass is 35.5. The monoisotopic (exact) mass is 274 g/mol. The van der Waals surface area contributed by atoms with Crippen molar-refractivity contribution in [3.63, 3.8) is 0 Å². The Morgan fingerprint density at radius 2 is 2.24 bits per heavy atom. The molecule has 0 bridgehead atoms. The zero-order chi connectivity index (χ0) is 12.5. The number of rotatable bonds is 3. The van der Waals surface area contributed by atoms with Crippen molar-refractivity contribution in [2.24, 2.45) is 5.41 Å². The number of ether oxygens (including phenoxy) is 1. The number of carboxylic acids is 1. The maximum Gasteiger partial charge on any atom is 0.312 e. The first-order valence-electron chi connectivity index (χ1n) is 5.29. The van der Waals surface area contributed by atoms with Gasteiger partial charge >= 0.3 is 5.97 Å². The number of hydrogen-bond acceptors (Lipinski definition) is 2. The van der Waals surface area contributed by atoms with Crippen LogP contribution in [0.2, 0.25) is 10.0 Å². The molecule has 0 aromatic heterocycles. The Morgan fingerprint density at radius 3 is 2.82 bits per heavy atom. The van der Waals surface area contributed by atoms with E-state index in [4.69, 9.17) is 27.9 Å². The van der Waals surface area contributed by atoms with E-state index in [1.54, 1.807) is 18.2 Å². The van der Waals surface area contributed by atoms with Crippen molar-refractivity contribution in [2.45, 2.75) is 12.8 Å². The lowest BCUT2D eigenvalue weighted by molar-refractivity contribution is -0.148. The van der Waals surface area contributed by atoms with Crippen LogP contribution in [0.4, 0.5) is 0 Å². The summed E-state index contributed by atoms with van der Waals surface area (Å²) in [6.45, 7) is 0.704. The third-order valence-electron chi connectivity index (χ3n) is 3.12. The van der Waals surface area contributed by atoms with Gasteiger partial charge in [0.2, 0.25) is 0 Å². The van der Waals surface area contributed by atoms with Crippen LogP contribution in [-0.2, 0) is 16.0 Å². The van der Waals surface area contributed by atoms with E-state index in [2.05, 4.69) is 0 Å². The summed E-state index contributed by atoms with van der Waals surface area (Å²) >= 11 is 12.0. The van der Waals surface area contributed by atoms with Crippen LogP contribution in [-0.4, -0.2) is 24.3 Å². The molecule has 1 aliphatic heterocycles. The largest absolute Gasteiger partial charge is 0.481 e. The highest BCUT2D eigenvalue weighted by Crippen LogP contribution is 2.36. The molecule has 17 heavy (non-hydrogen) atoms. The van der Waals surface area contributed by atoms with E-state index in [0.29, 0.717) is 29.5 Å². The summed E-state index contributed by atoms with van der Waals surface area (Å²) in [5.74, 6) is -0.842. The molecule has 0 amide bonds. The van der Waals surface area contributed by atoms with Crippen molar-refractivity contribution in [2.75, 3.05) is 13.2 Å². The molecule has 3 nitrogen and oxygen atoms in total. The normalized spacial score (nSPS) is 23.9. The van der Waals surface area contributed by atoms with Gasteiger partial charge in [-0.05, 0) is 24.5 Å². The van der Waals surface area contributed by atoms with Crippen LogP contribution in [0.25, 0.3) is 0 Å². The zero-order valence-corrected chi connectivity index (χ0v) is 10.6. The molecule has 2 rings (SSSR count). The maximum atomic E-state index is 11.4. The molecule has 1 heterocycles. The van der Waals surface area contributed by atoms with E-state index in [0.717, 1.165) is 5.56 Å². The second kappa shape index (κ2) is 4.84. The fraction of sp³-hybridized carbons (Fsp3) is 0.417. The highest BCUT2D eigenvalue weighted by molar-refractivity contribution is 6.42. The predicted molar refractivity (Wildman–Crippen MR) is 65.7 cm³/mol. The van der Waals surface area contributed by atoms with Crippen LogP contribution >= 0.6 is 23.2 Å². The Hall–Kier alpha value is -0.770. The molecule has 1 aromatic carbocycles. The molecule has 1 N–H and O–H groups in total. The van der Waals surface area contributed by atoms with E-state index < -0.39 is 11.4 Å². The van der Waals surface area contributed by atoms with Crippen molar-refractivity contribution >= 4 is 29.2 Å². The van der Waals surface area contributed by atoms with Crippen molar-refractivity contribution < 1.29 is 14.6 Å². The van der Waals surface area contributed by atoms with E-state index in [-0.39, 0.29) is 6.61 Å². The summed E-state index contributed by atoms with van der Waals surface area (Å²) in [6, 6.07) is 5.26. The van der Waals surface area contributed by atoms with E-state index in [1.165, 1.54) is 0 Å². The highest BCUT2D eigenvalue weighted by Gasteiger charge is 2.42. The van der Waals surface area contributed by atoms with Gasteiger partial charge in [-0.3, -0.25) is 4.79 Å². The van der Waals surface area contributed by atoms with Crippen LogP contribution in [0.5, 0.6) is 0 Å². The molecule has 0 radical (unpaired) electrons. The molecule has 0 saturated carbocycles. The number of halogens is 2. The van der Waals surface area contributed by atoms with Crippen LogP contribution in [0.15, 0.2) is 18.2 Å². The summed E-state index contributed by atoms with van der Waals surface area (Å²) in [5.41, 5.74) is -0.110. The van der Waals surface area contributed by atoms with Gasteiger partial charge in [-0.1, -0.05) is 35.3 Å². The van der Waals surface area contributed by atoms with Crippen molar-refractivity contribution in [1.82, 2.24) is 0 Å². The summed E-state index contributed by atoms with van der Waals surface area (Å²) < 4.78 is 5.21. The van der Waals surface area contributed by atoms with Crippen molar-refractivity contribution in [3.05, 3.63) is 33.8 Å². The average Bonchev–Trinajstić information content (AvgIpc) is 2.75. The predicted octanol–water partition coefficient (Wildman–Crippen LogP) is 3.03. The number of aliphatic carboxylic acids is 1. The van der Waals surface area contributed by atoms with E-state index in [1.807, 2.05) is 0 Å². The van der Waals surface area contributed by atoms with Gasteiger partial charge in [-0.2, -0.15) is 0 Å². The van der Waals surface area contributed by atoms with Crippen LogP contribution in [0.3, 0.4) is 0 Å². The molecule has 1 aromatic rings. The molecular formula is C12H12Cl2O3. The quantitative estimate of drug-likeness (QED) is 0.922. The molecule has 5 heteroatoms. The second-order valence-corrected chi connectivity index (χ2v) is 5.06. The molecule has 1 saturated heterocycles. The molecule has 1 aliphatic rings. The standard InChI is InChI=1S/C12H12Cl2O3/c13-9-3-1-2-8(10(9)14)6-12(11(15)16)4-5-17-7-12/h1-3H,4-7H2,(H,15,16). The Kier molecular flexibility index (Phi) is 3.61. The second-order valence-electron chi connectivity index (χ2n) is 4.28. The van der Waals surface area contributed by atoms with Gasteiger partial charge in [0.1, 0.15) is 0 Å². The minimum absolute atomic E-state index is 0.227. The summed E-state index contributed by atoms with van der Waals surface area (Å²) in [4.78, 5) is 11.4. The van der Waals surface area contributed by atoms with Gasteiger partial charge in [0.15, 0.2) is 0 Å². The Labute approximate surface area is 109 Å². The Balaban J connectivity index is 2.30. The molecule has 92 valence electrons. The zero-order valence-electron chi connectivity index (χ0n) is 9.08. The third-order valence-corrected chi connectivity index (χ3v) is 3.98. The molecule has 1 unspecified atom stereocenters. The molecular weight excluding hydrogens is 263 g/mol. The molecule has 0 spiro atoms. The lowest BCUT2D eigenvalue weighted by Gasteiger charge is -2.22. The smallest absolute Gasteiger partial charge is 0.312 e. The number of hydrogen-bond donors (Lipinski definition) is 1. The Bertz CT molecular complexity index is 439. The van der Waals surface area contributed by atoms with Crippen molar-refractivity contribution in [3.8, 4) is 0 Å². The van der Waals surface area contributed by atoms with Crippen LogP contribution in [0, 0.1) is 5.41 Å².